The summed E-state index contributed by atoms with van der Waals surface area (Å²) in [5.74, 6) is 0.380. The zero-order valence-electron chi connectivity index (χ0n) is 5.52. The molecule has 1 aromatic rings. The van der Waals surface area contributed by atoms with Crippen LogP contribution in [0.1, 0.15) is 6.92 Å². The quantitative estimate of drug-likeness (QED) is 0.548. The summed E-state index contributed by atoms with van der Waals surface area (Å²) < 4.78 is 0. The predicted molar refractivity (Wildman–Crippen MR) is 35.1 cm³/mol. The summed E-state index contributed by atoms with van der Waals surface area (Å²) in [4.78, 5) is 11.1. The Morgan fingerprint density at radius 3 is 2.60 bits per heavy atom. The maximum absolute atomic E-state index is 8.79. The number of rotatable bonds is 2. The third kappa shape index (κ3) is 1.94. The molecule has 10 heavy (non-hydrogen) atoms. The predicted octanol–water partition coefficient (Wildman–Crippen LogP) is -0.378. The Labute approximate surface area is 58.2 Å². The van der Waals surface area contributed by atoms with Crippen molar-refractivity contribution in [1.82, 2.24) is 15.0 Å². The van der Waals surface area contributed by atoms with E-state index in [9.17, 15) is 0 Å². The van der Waals surface area contributed by atoms with Crippen LogP contribution in [-0.4, -0.2) is 26.3 Å². The van der Waals surface area contributed by atoms with Gasteiger partial charge in [0.15, 0.2) is 0 Å². The molecule has 0 saturated heterocycles. The van der Waals surface area contributed by atoms with Crippen LogP contribution in [0.15, 0.2) is 12.7 Å². The average molecular weight is 140 g/mol. The van der Waals surface area contributed by atoms with Crippen LogP contribution in [0, 0.1) is 0 Å². The van der Waals surface area contributed by atoms with Crippen LogP contribution in [0.2, 0.25) is 0 Å². The molecule has 1 unspecified atom stereocenters. The van der Waals surface area contributed by atoms with E-state index in [1.165, 1.54) is 12.7 Å². The fourth-order valence-electron chi connectivity index (χ4n) is 0.501. The second kappa shape index (κ2) is 3.07. The van der Waals surface area contributed by atoms with Gasteiger partial charge in [0.1, 0.15) is 18.9 Å². The standard InChI is InChI=1S/C5H8N4O/c1-4(10)9-5-7-2-6-3-8-5/h2-4,10H,1H3,(H,6,7,8,9). The first-order chi connectivity index (χ1) is 4.79. The Morgan fingerprint density at radius 1 is 1.50 bits per heavy atom. The van der Waals surface area contributed by atoms with Crippen molar-refractivity contribution in [3.8, 4) is 0 Å². The van der Waals surface area contributed by atoms with Crippen molar-refractivity contribution >= 4 is 5.95 Å². The van der Waals surface area contributed by atoms with E-state index in [2.05, 4.69) is 20.3 Å². The monoisotopic (exact) mass is 140 g/mol. The number of nitrogens with zero attached hydrogens (tertiary/aromatic N) is 3. The maximum atomic E-state index is 8.79. The number of anilines is 1. The lowest BCUT2D eigenvalue weighted by molar-refractivity contribution is 0.223. The van der Waals surface area contributed by atoms with Gasteiger partial charge in [0.05, 0.1) is 0 Å². The van der Waals surface area contributed by atoms with Crippen molar-refractivity contribution < 1.29 is 5.11 Å². The van der Waals surface area contributed by atoms with Crippen LogP contribution in [0.4, 0.5) is 5.95 Å². The average Bonchev–Trinajstić information content (AvgIpc) is 1.88. The van der Waals surface area contributed by atoms with E-state index < -0.39 is 6.23 Å². The first kappa shape index (κ1) is 6.88. The Bertz CT molecular complexity index is 188. The third-order valence-electron chi connectivity index (χ3n) is 0.831. The smallest absolute Gasteiger partial charge is 0.227 e. The van der Waals surface area contributed by atoms with Crippen molar-refractivity contribution in [1.29, 1.82) is 0 Å². The number of hydrogen-bond acceptors (Lipinski definition) is 5. The van der Waals surface area contributed by atoms with Gasteiger partial charge in [-0.3, -0.25) is 0 Å². The molecule has 0 aliphatic carbocycles. The number of aromatic nitrogens is 3. The van der Waals surface area contributed by atoms with Gasteiger partial charge >= 0.3 is 0 Å². The van der Waals surface area contributed by atoms with E-state index >= 15 is 0 Å². The summed E-state index contributed by atoms with van der Waals surface area (Å²) in [6.07, 6.45) is 2.08. The number of nitrogens with one attached hydrogen (secondary N) is 1. The molecule has 1 rings (SSSR count). The van der Waals surface area contributed by atoms with Gasteiger partial charge in [-0.1, -0.05) is 0 Å². The summed E-state index contributed by atoms with van der Waals surface area (Å²) in [5, 5.41) is 11.4. The summed E-state index contributed by atoms with van der Waals surface area (Å²) in [6.45, 7) is 1.59. The molecule has 1 heterocycles. The molecule has 0 aliphatic heterocycles. The van der Waals surface area contributed by atoms with E-state index in [4.69, 9.17) is 5.11 Å². The Morgan fingerprint density at radius 2 is 2.10 bits per heavy atom. The van der Waals surface area contributed by atoms with E-state index in [-0.39, 0.29) is 0 Å². The van der Waals surface area contributed by atoms with Crippen LogP contribution in [-0.2, 0) is 0 Å². The molecular weight excluding hydrogens is 132 g/mol. The van der Waals surface area contributed by atoms with E-state index in [0.717, 1.165) is 0 Å². The molecule has 0 saturated carbocycles. The van der Waals surface area contributed by atoms with Gasteiger partial charge in [0.25, 0.3) is 0 Å². The fraction of sp³-hybridized carbons (Fsp3) is 0.400. The Balaban J connectivity index is 2.59. The van der Waals surface area contributed by atoms with Gasteiger partial charge in [0, 0.05) is 0 Å². The normalized spacial score (nSPS) is 12.6. The highest BCUT2D eigenvalue weighted by Gasteiger charge is 1.95. The second-order valence-corrected chi connectivity index (χ2v) is 1.78. The van der Waals surface area contributed by atoms with Crippen molar-refractivity contribution in [2.24, 2.45) is 0 Å². The summed E-state index contributed by atoms with van der Waals surface area (Å²) in [5.41, 5.74) is 0. The first-order valence-corrected chi connectivity index (χ1v) is 2.85. The zero-order valence-corrected chi connectivity index (χ0v) is 5.52. The molecule has 0 amide bonds. The van der Waals surface area contributed by atoms with Crippen LogP contribution < -0.4 is 5.32 Å². The summed E-state index contributed by atoms with van der Waals surface area (Å²) in [6, 6.07) is 0. The summed E-state index contributed by atoms with van der Waals surface area (Å²) in [7, 11) is 0. The molecule has 1 aromatic heterocycles. The molecule has 0 aliphatic rings. The largest absolute Gasteiger partial charge is 0.374 e. The van der Waals surface area contributed by atoms with Crippen LogP contribution >= 0.6 is 0 Å². The summed E-state index contributed by atoms with van der Waals surface area (Å²) >= 11 is 0. The molecule has 1 atom stereocenters. The molecule has 5 nitrogen and oxygen atoms in total. The van der Waals surface area contributed by atoms with Gasteiger partial charge < -0.3 is 10.4 Å². The van der Waals surface area contributed by atoms with Crippen molar-refractivity contribution in [3.05, 3.63) is 12.7 Å². The Hall–Kier alpha value is -1.23. The van der Waals surface area contributed by atoms with Crippen molar-refractivity contribution in [2.75, 3.05) is 5.32 Å². The highest BCUT2D eigenvalue weighted by atomic mass is 16.3. The Kier molecular flexibility index (Phi) is 2.11. The van der Waals surface area contributed by atoms with Crippen LogP contribution in [0.3, 0.4) is 0 Å². The first-order valence-electron chi connectivity index (χ1n) is 2.85. The minimum absolute atomic E-state index is 0.380. The minimum atomic E-state index is -0.637. The van der Waals surface area contributed by atoms with Crippen molar-refractivity contribution in [2.45, 2.75) is 13.2 Å². The van der Waals surface area contributed by atoms with Crippen LogP contribution in [0.5, 0.6) is 0 Å². The van der Waals surface area contributed by atoms with Gasteiger partial charge in [-0.15, -0.1) is 0 Å². The van der Waals surface area contributed by atoms with Gasteiger partial charge in [-0.2, -0.15) is 0 Å². The third-order valence-corrected chi connectivity index (χ3v) is 0.831. The SMILES string of the molecule is CC(O)Nc1ncncn1. The van der Waals surface area contributed by atoms with Gasteiger partial charge in [-0.25, -0.2) is 15.0 Å². The van der Waals surface area contributed by atoms with Gasteiger partial charge in [0.2, 0.25) is 5.95 Å². The topological polar surface area (TPSA) is 70.9 Å². The molecule has 5 heteroatoms. The second-order valence-electron chi connectivity index (χ2n) is 1.78. The molecule has 0 bridgehead atoms. The van der Waals surface area contributed by atoms with Crippen molar-refractivity contribution in [3.63, 3.8) is 0 Å². The lowest BCUT2D eigenvalue weighted by Crippen LogP contribution is -2.15. The molecule has 2 N–H and O–H groups in total. The molecule has 0 radical (unpaired) electrons. The lowest BCUT2D eigenvalue weighted by Gasteiger charge is -2.04. The molecule has 0 spiro atoms. The fourth-order valence-corrected chi connectivity index (χ4v) is 0.501. The zero-order chi connectivity index (χ0) is 7.40. The molecule has 0 fully saturated rings. The highest BCUT2D eigenvalue weighted by Crippen LogP contribution is 1.92. The van der Waals surface area contributed by atoms with E-state index in [1.54, 1.807) is 6.92 Å². The molecular formula is C5H8N4O. The number of aliphatic hydroxyl groups excluding tert-OH is 1. The van der Waals surface area contributed by atoms with E-state index in [0.29, 0.717) is 5.95 Å². The van der Waals surface area contributed by atoms with Crippen LogP contribution in [0.25, 0.3) is 0 Å². The minimum Gasteiger partial charge on any atom is -0.374 e. The van der Waals surface area contributed by atoms with E-state index in [1.807, 2.05) is 0 Å². The molecule has 54 valence electrons. The lowest BCUT2D eigenvalue weighted by atomic mass is 10.6. The molecule has 0 aromatic carbocycles. The maximum Gasteiger partial charge on any atom is 0.227 e. The number of aliphatic hydroxyl groups is 1. The van der Waals surface area contributed by atoms with Gasteiger partial charge in [-0.05, 0) is 6.92 Å². The number of hydrogen-bond donors (Lipinski definition) is 2. The highest BCUT2D eigenvalue weighted by molar-refractivity contribution is 5.20.